The second kappa shape index (κ2) is 9.29. The lowest BCUT2D eigenvalue weighted by Crippen LogP contribution is -2.47. The van der Waals surface area contributed by atoms with E-state index in [-0.39, 0.29) is 6.10 Å². The molecule has 1 aliphatic heterocycles. The SMILES string of the molecule is S=C(NC[C@H]1CN(Cc2ccccc2)CCO1)Nc1cccc(Br)c1. The van der Waals surface area contributed by atoms with Crippen molar-refractivity contribution >= 4 is 38.9 Å². The molecule has 2 aromatic carbocycles. The number of halogens is 1. The predicted molar refractivity (Wildman–Crippen MR) is 110 cm³/mol. The van der Waals surface area contributed by atoms with Gasteiger partial charge in [0.1, 0.15) is 0 Å². The smallest absolute Gasteiger partial charge is 0.170 e. The first-order chi connectivity index (χ1) is 12.2. The molecule has 0 amide bonds. The fraction of sp³-hybridized carbons (Fsp3) is 0.316. The molecule has 1 fully saturated rings. The fourth-order valence-corrected chi connectivity index (χ4v) is 3.44. The average molecular weight is 420 g/mol. The molecule has 2 aromatic rings. The van der Waals surface area contributed by atoms with Crippen molar-refractivity contribution in [1.29, 1.82) is 0 Å². The number of benzene rings is 2. The average Bonchev–Trinajstić information content (AvgIpc) is 2.61. The lowest BCUT2D eigenvalue weighted by atomic mass is 10.2. The second-order valence-electron chi connectivity index (χ2n) is 6.06. The minimum absolute atomic E-state index is 0.139. The Labute approximate surface area is 162 Å². The van der Waals surface area contributed by atoms with Gasteiger partial charge in [0.05, 0.1) is 12.7 Å². The van der Waals surface area contributed by atoms with Crippen LogP contribution in [0.3, 0.4) is 0 Å². The number of anilines is 1. The van der Waals surface area contributed by atoms with Crippen LogP contribution >= 0.6 is 28.1 Å². The molecule has 1 heterocycles. The van der Waals surface area contributed by atoms with Crippen molar-refractivity contribution < 1.29 is 4.74 Å². The van der Waals surface area contributed by atoms with E-state index >= 15 is 0 Å². The number of morpholine rings is 1. The van der Waals surface area contributed by atoms with Gasteiger partial charge in [-0.3, -0.25) is 4.90 Å². The summed E-state index contributed by atoms with van der Waals surface area (Å²) in [6.45, 7) is 4.28. The summed E-state index contributed by atoms with van der Waals surface area (Å²) in [4.78, 5) is 2.43. The van der Waals surface area contributed by atoms with E-state index in [0.29, 0.717) is 11.7 Å². The number of ether oxygens (including phenoxy) is 1. The molecular weight excluding hydrogens is 398 g/mol. The van der Waals surface area contributed by atoms with Gasteiger partial charge in [-0.1, -0.05) is 52.3 Å². The summed E-state index contributed by atoms with van der Waals surface area (Å²) >= 11 is 8.83. The third-order valence-electron chi connectivity index (χ3n) is 4.04. The molecule has 0 spiro atoms. The van der Waals surface area contributed by atoms with Crippen molar-refractivity contribution in [2.45, 2.75) is 12.6 Å². The van der Waals surface area contributed by atoms with Crippen molar-refractivity contribution in [1.82, 2.24) is 10.2 Å². The highest BCUT2D eigenvalue weighted by atomic mass is 79.9. The Balaban J connectivity index is 1.44. The van der Waals surface area contributed by atoms with Crippen molar-refractivity contribution in [2.24, 2.45) is 0 Å². The molecule has 2 N–H and O–H groups in total. The Morgan fingerprint density at radius 3 is 2.84 bits per heavy atom. The molecule has 0 radical (unpaired) electrons. The Kier molecular flexibility index (Phi) is 6.81. The van der Waals surface area contributed by atoms with Gasteiger partial charge in [-0.05, 0) is 36.0 Å². The van der Waals surface area contributed by atoms with Gasteiger partial charge >= 0.3 is 0 Å². The number of rotatable bonds is 5. The van der Waals surface area contributed by atoms with Gasteiger partial charge in [0, 0.05) is 36.3 Å². The first-order valence-electron chi connectivity index (χ1n) is 8.37. The van der Waals surface area contributed by atoms with Crippen LogP contribution in [0.1, 0.15) is 5.56 Å². The molecule has 0 saturated carbocycles. The van der Waals surface area contributed by atoms with Gasteiger partial charge < -0.3 is 15.4 Å². The number of nitrogens with zero attached hydrogens (tertiary/aromatic N) is 1. The lowest BCUT2D eigenvalue weighted by Gasteiger charge is -2.33. The van der Waals surface area contributed by atoms with Crippen molar-refractivity contribution in [3.63, 3.8) is 0 Å². The summed E-state index contributed by atoms with van der Waals surface area (Å²) in [6.07, 6.45) is 0.139. The molecule has 3 rings (SSSR count). The Bertz CT molecular complexity index is 698. The molecule has 0 aromatic heterocycles. The molecular formula is C19H22BrN3OS. The highest BCUT2D eigenvalue weighted by Gasteiger charge is 2.20. The zero-order chi connectivity index (χ0) is 17.5. The topological polar surface area (TPSA) is 36.5 Å². The van der Waals surface area contributed by atoms with Crippen LogP contribution < -0.4 is 10.6 Å². The van der Waals surface area contributed by atoms with E-state index in [1.165, 1.54) is 5.56 Å². The minimum atomic E-state index is 0.139. The monoisotopic (exact) mass is 419 g/mol. The Morgan fingerprint density at radius 2 is 2.04 bits per heavy atom. The maximum Gasteiger partial charge on any atom is 0.170 e. The highest BCUT2D eigenvalue weighted by molar-refractivity contribution is 9.10. The van der Waals surface area contributed by atoms with Gasteiger partial charge in [-0.2, -0.15) is 0 Å². The van der Waals surface area contributed by atoms with E-state index < -0.39 is 0 Å². The molecule has 1 atom stereocenters. The quantitative estimate of drug-likeness (QED) is 0.723. The molecule has 25 heavy (non-hydrogen) atoms. The van der Waals surface area contributed by atoms with E-state index in [1.807, 2.05) is 24.3 Å². The Morgan fingerprint density at radius 1 is 1.20 bits per heavy atom. The van der Waals surface area contributed by atoms with E-state index in [2.05, 4.69) is 61.8 Å². The Hall–Kier alpha value is -1.47. The van der Waals surface area contributed by atoms with Gasteiger partial charge in [0.25, 0.3) is 0 Å². The first kappa shape index (κ1) is 18.3. The normalized spacial score (nSPS) is 17.9. The predicted octanol–water partition coefficient (Wildman–Crippen LogP) is 3.64. The van der Waals surface area contributed by atoms with Crippen LogP contribution in [0.4, 0.5) is 5.69 Å². The maximum atomic E-state index is 5.87. The van der Waals surface area contributed by atoms with Gasteiger partial charge in [0.15, 0.2) is 5.11 Å². The summed E-state index contributed by atoms with van der Waals surface area (Å²) in [5.41, 5.74) is 2.30. The molecule has 4 nitrogen and oxygen atoms in total. The number of hydrogen-bond donors (Lipinski definition) is 2. The van der Waals surface area contributed by atoms with Crippen molar-refractivity contribution in [2.75, 3.05) is 31.6 Å². The number of nitrogens with one attached hydrogen (secondary N) is 2. The molecule has 1 saturated heterocycles. The van der Waals surface area contributed by atoms with Crippen LogP contribution in [0.25, 0.3) is 0 Å². The molecule has 132 valence electrons. The van der Waals surface area contributed by atoms with Crippen LogP contribution in [-0.2, 0) is 11.3 Å². The summed E-state index contributed by atoms with van der Waals surface area (Å²) < 4.78 is 6.89. The molecule has 0 aliphatic carbocycles. The maximum absolute atomic E-state index is 5.87. The molecule has 1 aliphatic rings. The zero-order valence-electron chi connectivity index (χ0n) is 14.0. The number of hydrogen-bond acceptors (Lipinski definition) is 3. The molecule has 0 unspecified atom stereocenters. The van der Waals surface area contributed by atoms with E-state index in [4.69, 9.17) is 17.0 Å². The summed E-state index contributed by atoms with van der Waals surface area (Å²) in [5, 5.41) is 7.07. The standard InChI is InChI=1S/C19H22BrN3OS/c20-16-7-4-8-17(11-16)22-19(25)21-12-18-14-23(9-10-24-18)13-15-5-2-1-3-6-15/h1-8,11,18H,9-10,12-14H2,(H2,21,22,25)/t18-/m0/s1. The molecule has 6 heteroatoms. The van der Waals surface area contributed by atoms with Crippen LogP contribution in [0.2, 0.25) is 0 Å². The van der Waals surface area contributed by atoms with E-state index in [9.17, 15) is 0 Å². The number of thiocarbonyl (C=S) groups is 1. The third kappa shape index (κ3) is 6.08. The van der Waals surface area contributed by atoms with E-state index in [0.717, 1.165) is 36.4 Å². The summed E-state index contributed by atoms with van der Waals surface area (Å²) in [7, 11) is 0. The fourth-order valence-electron chi connectivity index (χ4n) is 2.84. The van der Waals surface area contributed by atoms with Gasteiger partial charge in [-0.25, -0.2) is 0 Å². The van der Waals surface area contributed by atoms with Crippen LogP contribution in [0, 0.1) is 0 Å². The minimum Gasteiger partial charge on any atom is -0.374 e. The zero-order valence-corrected chi connectivity index (χ0v) is 16.4. The van der Waals surface area contributed by atoms with Crippen LogP contribution in [0.5, 0.6) is 0 Å². The van der Waals surface area contributed by atoms with Crippen LogP contribution in [-0.4, -0.2) is 42.4 Å². The summed E-state index contributed by atoms with van der Waals surface area (Å²) in [6, 6.07) is 18.5. The van der Waals surface area contributed by atoms with Gasteiger partial charge in [0.2, 0.25) is 0 Å². The van der Waals surface area contributed by atoms with E-state index in [1.54, 1.807) is 0 Å². The largest absolute Gasteiger partial charge is 0.374 e. The summed E-state index contributed by atoms with van der Waals surface area (Å²) in [5.74, 6) is 0. The van der Waals surface area contributed by atoms with Gasteiger partial charge in [-0.15, -0.1) is 0 Å². The van der Waals surface area contributed by atoms with Crippen molar-refractivity contribution in [3.05, 3.63) is 64.6 Å². The second-order valence-corrected chi connectivity index (χ2v) is 7.38. The molecule has 0 bridgehead atoms. The third-order valence-corrected chi connectivity index (χ3v) is 4.78. The lowest BCUT2D eigenvalue weighted by molar-refractivity contribution is -0.0279. The van der Waals surface area contributed by atoms with Crippen LogP contribution in [0.15, 0.2) is 59.1 Å². The van der Waals surface area contributed by atoms with Crippen molar-refractivity contribution in [3.8, 4) is 0 Å². The first-order valence-corrected chi connectivity index (χ1v) is 9.57. The highest BCUT2D eigenvalue weighted by Crippen LogP contribution is 2.15.